The molecule has 112 valence electrons. The van der Waals surface area contributed by atoms with Crippen LogP contribution in [-0.4, -0.2) is 22.9 Å². The van der Waals surface area contributed by atoms with Crippen LogP contribution in [0.3, 0.4) is 0 Å². The van der Waals surface area contributed by atoms with E-state index in [9.17, 15) is 14.4 Å². The molecule has 2 atom stereocenters. The molecule has 0 bridgehead atoms. The normalized spacial score (nSPS) is 21.0. The van der Waals surface area contributed by atoms with Crippen molar-refractivity contribution >= 4 is 23.5 Å². The molecule has 6 heteroatoms. The molecule has 0 aromatic heterocycles. The van der Waals surface area contributed by atoms with Crippen molar-refractivity contribution < 1.29 is 19.5 Å². The number of nitrogens with two attached hydrogens (primary N) is 1. The van der Waals surface area contributed by atoms with E-state index >= 15 is 0 Å². The maximum Gasteiger partial charge on any atom is 0.306 e. The lowest BCUT2D eigenvalue weighted by Gasteiger charge is -2.11. The van der Waals surface area contributed by atoms with Gasteiger partial charge in [-0.25, -0.2) is 0 Å². The number of anilines is 1. The summed E-state index contributed by atoms with van der Waals surface area (Å²) < 4.78 is 0. The van der Waals surface area contributed by atoms with Gasteiger partial charge in [0.05, 0.1) is 12.3 Å². The van der Waals surface area contributed by atoms with E-state index in [-0.39, 0.29) is 18.2 Å². The molecule has 0 aliphatic heterocycles. The maximum absolute atomic E-state index is 12.1. The Bertz CT molecular complexity index is 553. The summed E-state index contributed by atoms with van der Waals surface area (Å²) in [5.74, 6) is -2.06. The fourth-order valence-corrected chi connectivity index (χ4v) is 2.60. The first-order valence-corrected chi connectivity index (χ1v) is 6.86. The summed E-state index contributed by atoms with van der Waals surface area (Å²) in [5, 5.41) is 11.7. The number of primary amides is 1. The summed E-state index contributed by atoms with van der Waals surface area (Å²) in [6.45, 7) is 0. The van der Waals surface area contributed by atoms with Crippen LogP contribution in [0.1, 0.15) is 24.8 Å². The van der Waals surface area contributed by atoms with Crippen molar-refractivity contribution in [2.24, 2.45) is 17.6 Å². The van der Waals surface area contributed by atoms with E-state index in [1.165, 1.54) is 0 Å². The fraction of sp³-hybridized carbons (Fsp3) is 0.400. The molecule has 4 N–H and O–H groups in total. The second kappa shape index (κ2) is 6.39. The molecule has 1 aromatic carbocycles. The van der Waals surface area contributed by atoms with E-state index in [1.54, 1.807) is 24.3 Å². The van der Waals surface area contributed by atoms with E-state index in [1.807, 2.05) is 0 Å². The van der Waals surface area contributed by atoms with Gasteiger partial charge in [-0.15, -0.1) is 0 Å². The molecule has 0 heterocycles. The van der Waals surface area contributed by atoms with Crippen LogP contribution in [0.15, 0.2) is 24.3 Å². The monoisotopic (exact) mass is 290 g/mol. The number of carboxylic acids is 1. The van der Waals surface area contributed by atoms with E-state index < -0.39 is 17.8 Å². The quantitative estimate of drug-likeness (QED) is 0.755. The van der Waals surface area contributed by atoms with Crippen LogP contribution in [0, 0.1) is 11.8 Å². The number of hydrogen-bond acceptors (Lipinski definition) is 3. The van der Waals surface area contributed by atoms with Crippen LogP contribution in [0.5, 0.6) is 0 Å². The maximum atomic E-state index is 12.1. The molecule has 0 radical (unpaired) electrons. The molecule has 1 aliphatic rings. The van der Waals surface area contributed by atoms with Gasteiger partial charge in [0.1, 0.15) is 0 Å². The third-order valence-corrected chi connectivity index (χ3v) is 3.75. The second-order valence-electron chi connectivity index (χ2n) is 5.37. The van der Waals surface area contributed by atoms with Gasteiger partial charge in [0.25, 0.3) is 0 Å². The Balaban J connectivity index is 1.91. The number of carboxylic acid groups (broad SMARTS) is 1. The molecule has 0 saturated heterocycles. The lowest BCUT2D eigenvalue weighted by Crippen LogP contribution is -2.21. The number of rotatable bonds is 5. The zero-order valence-electron chi connectivity index (χ0n) is 11.5. The van der Waals surface area contributed by atoms with E-state index in [0.717, 1.165) is 5.56 Å². The molecular weight excluding hydrogens is 272 g/mol. The third kappa shape index (κ3) is 4.05. The standard InChI is InChI=1S/C15H18N2O4/c16-13(18)7-9-1-5-12(6-2-9)17-14(19)10-3-4-11(8-10)15(20)21/h1-2,5-6,10-11H,3-4,7-8H2,(H2,16,18)(H,17,19)(H,20,21)/t10-,11+/m1/s1. The van der Waals surface area contributed by atoms with Crippen molar-refractivity contribution in [3.8, 4) is 0 Å². The number of hydrogen-bond donors (Lipinski definition) is 3. The van der Waals surface area contributed by atoms with Gasteiger partial charge >= 0.3 is 5.97 Å². The Morgan fingerprint density at radius 3 is 2.29 bits per heavy atom. The van der Waals surface area contributed by atoms with Crippen molar-refractivity contribution in [1.29, 1.82) is 0 Å². The minimum Gasteiger partial charge on any atom is -0.481 e. The number of amides is 2. The SMILES string of the molecule is NC(=O)Cc1ccc(NC(=O)[C@@H]2CC[C@H](C(=O)O)C2)cc1. The topological polar surface area (TPSA) is 109 Å². The second-order valence-corrected chi connectivity index (χ2v) is 5.37. The molecule has 21 heavy (non-hydrogen) atoms. The van der Waals surface area contributed by atoms with Gasteiger partial charge in [0.15, 0.2) is 0 Å². The molecule has 0 unspecified atom stereocenters. The molecule has 2 rings (SSSR count). The van der Waals surface area contributed by atoms with Gasteiger partial charge < -0.3 is 16.2 Å². The summed E-state index contributed by atoms with van der Waals surface area (Å²) in [6.07, 6.45) is 1.70. The predicted octanol–water partition coefficient (Wildman–Crippen LogP) is 1.15. The molecule has 1 fully saturated rings. The Morgan fingerprint density at radius 2 is 1.76 bits per heavy atom. The number of benzene rings is 1. The van der Waals surface area contributed by atoms with Gasteiger partial charge in [-0.2, -0.15) is 0 Å². The molecular formula is C15H18N2O4. The van der Waals surface area contributed by atoms with Crippen LogP contribution in [0.25, 0.3) is 0 Å². The van der Waals surface area contributed by atoms with Gasteiger partial charge in [-0.3, -0.25) is 14.4 Å². The number of carbonyl (C=O) groups is 3. The van der Waals surface area contributed by atoms with Crippen molar-refractivity contribution in [2.45, 2.75) is 25.7 Å². The highest BCUT2D eigenvalue weighted by molar-refractivity contribution is 5.93. The largest absolute Gasteiger partial charge is 0.481 e. The Kier molecular flexibility index (Phi) is 4.57. The average molecular weight is 290 g/mol. The van der Waals surface area contributed by atoms with Gasteiger partial charge in [0, 0.05) is 11.6 Å². The minimum atomic E-state index is -0.832. The predicted molar refractivity (Wildman–Crippen MR) is 76.4 cm³/mol. The minimum absolute atomic E-state index is 0.151. The molecule has 1 saturated carbocycles. The molecule has 0 spiro atoms. The van der Waals surface area contributed by atoms with Crippen LogP contribution in [-0.2, 0) is 20.8 Å². The van der Waals surface area contributed by atoms with Crippen molar-refractivity contribution in [2.75, 3.05) is 5.32 Å². The van der Waals surface area contributed by atoms with Crippen molar-refractivity contribution in [3.05, 3.63) is 29.8 Å². The Hall–Kier alpha value is -2.37. The van der Waals surface area contributed by atoms with E-state index in [0.29, 0.717) is 24.9 Å². The van der Waals surface area contributed by atoms with E-state index in [4.69, 9.17) is 10.8 Å². The number of carbonyl (C=O) groups excluding carboxylic acids is 2. The van der Waals surface area contributed by atoms with Crippen LogP contribution >= 0.6 is 0 Å². The fourth-order valence-electron chi connectivity index (χ4n) is 2.60. The van der Waals surface area contributed by atoms with Crippen molar-refractivity contribution in [1.82, 2.24) is 0 Å². The zero-order chi connectivity index (χ0) is 15.4. The van der Waals surface area contributed by atoms with E-state index in [2.05, 4.69) is 5.32 Å². The Labute approximate surface area is 122 Å². The summed E-state index contributed by atoms with van der Waals surface area (Å²) in [7, 11) is 0. The first kappa shape index (κ1) is 15.0. The first-order valence-electron chi connectivity index (χ1n) is 6.86. The van der Waals surface area contributed by atoms with Gasteiger partial charge in [-0.1, -0.05) is 12.1 Å². The lowest BCUT2D eigenvalue weighted by molar-refractivity contribution is -0.141. The molecule has 2 amide bonds. The summed E-state index contributed by atoms with van der Waals surface area (Å²) in [4.78, 5) is 33.7. The molecule has 1 aliphatic carbocycles. The highest BCUT2D eigenvalue weighted by Crippen LogP contribution is 2.31. The lowest BCUT2D eigenvalue weighted by atomic mass is 10.0. The van der Waals surface area contributed by atoms with Gasteiger partial charge in [0.2, 0.25) is 11.8 Å². The van der Waals surface area contributed by atoms with Crippen LogP contribution in [0.2, 0.25) is 0 Å². The van der Waals surface area contributed by atoms with Crippen molar-refractivity contribution in [3.63, 3.8) is 0 Å². The first-order chi connectivity index (χ1) is 9.95. The summed E-state index contributed by atoms with van der Waals surface area (Å²) in [6, 6.07) is 6.88. The Morgan fingerprint density at radius 1 is 1.14 bits per heavy atom. The van der Waals surface area contributed by atoms with Crippen LogP contribution < -0.4 is 11.1 Å². The number of aliphatic carboxylic acids is 1. The summed E-state index contributed by atoms with van der Waals surface area (Å²) >= 11 is 0. The number of nitrogens with one attached hydrogen (secondary N) is 1. The highest BCUT2D eigenvalue weighted by Gasteiger charge is 2.33. The highest BCUT2D eigenvalue weighted by atomic mass is 16.4. The van der Waals surface area contributed by atoms with Crippen LogP contribution in [0.4, 0.5) is 5.69 Å². The zero-order valence-corrected chi connectivity index (χ0v) is 11.5. The molecule has 1 aromatic rings. The third-order valence-electron chi connectivity index (χ3n) is 3.75. The van der Waals surface area contributed by atoms with Gasteiger partial charge in [-0.05, 0) is 37.0 Å². The average Bonchev–Trinajstić information content (AvgIpc) is 2.90. The summed E-state index contributed by atoms with van der Waals surface area (Å²) in [5.41, 5.74) is 6.52. The smallest absolute Gasteiger partial charge is 0.306 e. The molecule has 6 nitrogen and oxygen atoms in total.